The zero-order valence-electron chi connectivity index (χ0n) is 14.7. The molecule has 130 valence electrons. The summed E-state index contributed by atoms with van der Waals surface area (Å²) in [4.78, 5) is 6.70. The van der Waals surface area contributed by atoms with Gasteiger partial charge in [0.25, 0.3) is 0 Å². The Labute approximate surface area is 142 Å². The molecule has 0 radical (unpaired) electrons. The van der Waals surface area contributed by atoms with Crippen LogP contribution in [0.2, 0.25) is 0 Å². The van der Waals surface area contributed by atoms with Crippen LogP contribution in [0, 0.1) is 0 Å². The van der Waals surface area contributed by atoms with Crippen LogP contribution in [-0.4, -0.2) is 48.9 Å². The summed E-state index contributed by atoms with van der Waals surface area (Å²) in [5.74, 6) is 2.40. The molecule has 0 saturated heterocycles. The van der Waals surface area contributed by atoms with E-state index in [4.69, 9.17) is 9.47 Å². The molecule has 0 spiro atoms. The number of aromatic amines is 1. The van der Waals surface area contributed by atoms with E-state index in [9.17, 15) is 0 Å². The maximum Gasteiger partial charge on any atom is 0.194 e. The second kappa shape index (κ2) is 8.81. The number of hydrogen-bond donors (Lipinski definition) is 2. The van der Waals surface area contributed by atoms with Crippen LogP contribution in [0.5, 0.6) is 11.5 Å². The van der Waals surface area contributed by atoms with Crippen LogP contribution in [0.1, 0.15) is 18.2 Å². The fraction of sp³-hybridized carbons (Fsp3) is 0.412. The number of ether oxygens (including phenoxy) is 2. The van der Waals surface area contributed by atoms with E-state index in [1.165, 1.54) is 0 Å². The molecule has 1 aromatic heterocycles. The van der Waals surface area contributed by atoms with Gasteiger partial charge in [0.1, 0.15) is 11.5 Å². The molecule has 7 nitrogen and oxygen atoms in total. The number of nitrogens with one attached hydrogen (secondary N) is 2. The molecule has 0 aliphatic carbocycles. The highest BCUT2D eigenvalue weighted by atomic mass is 16.5. The normalized spacial score (nSPS) is 11.2. The lowest BCUT2D eigenvalue weighted by atomic mass is 10.2. The molecule has 24 heavy (non-hydrogen) atoms. The van der Waals surface area contributed by atoms with Crippen molar-refractivity contribution in [1.82, 2.24) is 20.4 Å². The quantitative estimate of drug-likeness (QED) is 0.600. The van der Waals surface area contributed by atoms with E-state index >= 15 is 0 Å². The van der Waals surface area contributed by atoms with E-state index in [-0.39, 0.29) is 0 Å². The van der Waals surface area contributed by atoms with Gasteiger partial charge in [0.15, 0.2) is 5.96 Å². The maximum atomic E-state index is 5.47. The molecule has 2 rings (SSSR count). The molecule has 1 heterocycles. The van der Waals surface area contributed by atoms with Crippen molar-refractivity contribution in [3.05, 3.63) is 41.7 Å². The van der Waals surface area contributed by atoms with E-state index in [0.29, 0.717) is 13.1 Å². The van der Waals surface area contributed by atoms with Crippen LogP contribution in [0.25, 0.3) is 0 Å². The number of aliphatic imine (C=N–C) groups is 1. The predicted molar refractivity (Wildman–Crippen MR) is 94.4 cm³/mol. The van der Waals surface area contributed by atoms with Crippen molar-refractivity contribution in [1.29, 1.82) is 0 Å². The third kappa shape index (κ3) is 4.65. The van der Waals surface area contributed by atoms with Gasteiger partial charge in [0, 0.05) is 38.0 Å². The Morgan fingerprint density at radius 2 is 2.12 bits per heavy atom. The first-order valence-corrected chi connectivity index (χ1v) is 7.86. The Hall–Kier alpha value is -2.70. The molecule has 2 N–H and O–H groups in total. The van der Waals surface area contributed by atoms with Gasteiger partial charge in [-0.1, -0.05) is 0 Å². The molecule has 1 aromatic carbocycles. The van der Waals surface area contributed by atoms with E-state index in [1.54, 1.807) is 20.4 Å². The first kappa shape index (κ1) is 17.7. The third-order valence-corrected chi connectivity index (χ3v) is 3.56. The van der Waals surface area contributed by atoms with Gasteiger partial charge in [-0.2, -0.15) is 5.10 Å². The summed E-state index contributed by atoms with van der Waals surface area (Å²) >= 11 is 0. The van der Waals surface area contributed by atoms with Gasteiger partial charge in [0.2, 0.25) is 0 Å². The van der Waals surface area contributed by atoms with Gasteiger partial charge in [-0.25, -0.2) is 4.99 Å². The molecule has 0 atom stereocenters. The van der Waals surface area contributed by atoms with Crippen LogP contribution in [0.4, 0.5) is 0 Å². The van der Waals surface area contributed by atoms with Crippen molar-refractivity contribution in [3.63, 3.8) is 0 Å². The largest absolute Gasteiger partial charge is 0.497 e. The van der Waals surface area contributed by atoms with E-state index in [2.05, 4.69) is 25.4 Å². The Balaban J connectivity index is 2.12. The van der Waals surface area contributed by atoms with Crippen LogP contribution >= 0.6 is 0 Å². The van der Waals surface area contributed by atoms with Crippen molar-refractivity contribution in [2.45, 2.75) is 20.0 Å². The molecule has 0 amide bonds. The summed E-state index contributed by atoms with van der Waals surface area (Å²) in [6.07, 6.45) is 1.73. The van der Waals surface area contributed by atoms with Crippen molar-refractivity contribution >= 4 is 5.96 Å². The first-order valence-electron chi connectivity index (χ1n) is 7.86. The number of aromatic nitrogens is 2. The number of guanidine groups is 1. The number of hydrogen-bond acceptors (Lipinski definition) is 4. The van der Waals surface area contributed by atoms with Crippen molar-refractivity contribution < 1.29 is 9.47 Å². The van der Waals surface area contributed by atoms with E-state index in [1.807, 2.05) is 38.2 Å². The average Bonchev–Trinajstić information content (AvgIpc) is 3.12. The van der Waals surface area contributed by atoms with Crippen molar-refractivity contribution in [2.24, 2.45) is 4.99 Å². The highest BCUT2D eigenvalue weighted by molar-refractivity contribution is 5.79. The zero-order chi connectivity index (χ0) is 17.4. The molecule has 0 aliphatic rings. The molecule has 0 bridgehead atoms. The topological polar surface area (TPSA) is 74.8 Å². The van der Waals surface area contributed by atoms with Crippen LogP contribution < -0.4 is 14.8 Å². The Bertz CT molecular complexity index is 655. The Morgan fingerprint density at radius 1 is 1.29 bits per heavy atom. The molecule has 2 aromatic rings. The summed E-state index contributed by atoms with van der Waals surface area (Å²) in [6, 6.07) is 7.74. The molecule has 0 saturated carbocycles. The first-order chi connectivity index (χ1) is 11.7. The van der Waals surface area contributed by atoms with Crippen molar-refractivity contribution in [3.8, 4) is 11.5 Å². The molecule has 0 fully saturated rings. The minimum atomic E-state index is 0.548. The minimum Gasteiger partial charge on any atom is -0.497 e. The second-order valence-corrected chi connectivity index (χ2v) is 5.29. The van der Waals surface area contributed by atoms with E-state index < -0.39 is 0 Å². The van der Waals surface area contributed by atoms with Gasteiger partial charge in [-0.05, 0) is 25.1 Å². The summed E-state index contributed by atoms with van der Waals surface area (Å²) in [6.45, 7) is 4.06. The lowest BCUT2D eigenvalue weighted by Crippen LogP contribution is -2.38. The number of benzene rings is 1. The number of rotatable bonds is 7. The molecule has 0 aliphatic heterocycles. The van der Waals surface area contributed by atoms with E-state index in [0.717, 1.165) is 35.3 Å². The SMILES string of the molecule is CCNC(=NCc1ccn[nH]1)N(C)Cc1ccc(OC)cc1OC. The lowest BCUT2D eigenvalue weighted by Gasteiger charge is -2.23. The minimum absolute atomic E-state index is 0.548. The monoisotopic (exact) mass is 331 g/mol. The summed E-state index contributed by atoms with van der Waals surface area (Å²) in [5, 5.41) is 10.2. The number of nitrogens with zero attached hydrogens (tertiary/aromatic N) is 3. The summed E-state index contributed by atoms with van der Waals surface area (Å²) < 4.78 is 10.7. The molecule has 7 heteroatoms. The second-order valence-electron chi connectivity index (χ2n) is 5.29. The Kier molecular flexibility index (Phi) is 6.48. The van der Waals surface area contributed by atoms with Crippen LogP contribution in [-0.2, 0) is 13.1 Å². The number of methoxy groups -OCH3 is 2. The van der Waals surface area contributed by atoms with Gasteiger partial charge >= 0.3 is 0 Å². The molecular formula is C17H25N5O2. The zero-order valence-corrected chi connectivity index (χ0v) is 14.7. The van der Waals surface area contributed by atoms with Crippen molar-refractivity contribution in [2.75, 3.05) is 27.8 Å². The Morgan fingerprint density at radius 3 is 2.75 bits per heavy atom. The van der Waals surface area contributed by atoms with Gasteiger partial charge < -0.3 is 19.7 Å². The van der Waals surface area contributed by atoms with Gasteiger partial charge in [0.05, 0.1) is 26.5 Å². The maximum absolute atomic E-state index is 5.47. The highest BCUT2D eigenvalue weighted by Crippen LogP contribution is 2.25. The van der Waals surface area contributed by atoms with Gasteiger partial charge in [-0.3, -0.25) is 5.10 Å². The lowest BCUT2D eigenvalue weighted by molar-refractivity contribution is 0.382. The highest BCUT2D eigenvalue weighted by Gasteiger charge is 2.11. The summed E-state index contributed by atoms with van der Waals surface area (Å²) in [5.41, 5.74) is 2.04. The average molecular weight is 331 g/mol. The fourth-order valence-electron chi connectivity index (χ4n) is 2.32. The molecular weight excluding hydrogens is 306 g/mol. The standard InChI is InChI=1S/C17H25N5O2/c1-5-18-17(19-11-14-8-9-20-21-14)22(2)12-13-6-7-15(23-3)10-16(13)24-4/h6-10H,5,11-12H2,1-4H3,(H,18,19)(H,20,21). The smallest absolute Gasteiger partial charge is 0.194 e. The fourth-order valence-corrected chi connectivity index (χ4v) is 2.32. The van der Waals surface area contributed by atoms with Crippen LogP contribution in [0.15, 0.2) is 35.5 Å². The number of H-pyrrole nitrogens is 1. The molecule has 0 unspecified atom stereocenters. The summed E-state index contributed by atoms with van der Waals surface area (Å²) in [7, 11) is 5.31. The third-order valence-electron chi connectivity index (χ3n) is 3.56. The van der Waals surface area contributed by atoms with Gasteiger partial charge in [-0.15, -0.1) is 0 Å². The van der Waals surface area contributed by atoms with Crippen LogP contribution in [0.3, 0.4) is 0 Å². The predicted octanol–water partition coefficient (Wildman–Crippen LogP) is 2.02.